The summed E-state index contributed by atoms with van der Waals surface area (Å²) in [6, 6.07) is 0.362. The summed E-state index contributed by atoms with van der Waals surface area (Å²) < 4.78 is 5.48. The van der Waals surface area contributed by atoms with Gasteiger partial charge in [0.25, 0.3) is 0 Å². The van der Waals surface area contributed by atoms with E-state index in [1.54, 1.807) is 0 Å². The zero-order valence-corrected chi connectivity index (χ0v) is 10.5. The molecule has 0 radical (unpaired) electrons. The van der Waals surface area contributed by atoms with Gasteiger partial charge in [0.15, 0.2) is 0 Å². The average Bonchev–Trinajstić information content (AvgIpc) is 2.83. The SMILES string of the molecule is NC1CCC(CC(=O)NCC2CCCO2)CC1. The first kappa shape index (κ1) is 12.8. The van der Waals surface area contributed by atoms with Crippen LogP contribution in [0.4, 0.5) is 0 Å². The maximum absolute atomic E-state index is 11.8. The van der Waals surface area contributed by atoms with E-state index in [9.17, 15) is 4.79 Å². The molecule has 0 aromatic rings. The van der Waals surface area contributed by atoms with Gasteiger partial charge in [-0.1, -0.05) is 0 Å². The molecule has 17 heavy (non-hydrogen) atoms. The van der Waals surface area contributed by atoms with Crippen molar-refractivity contribution in [3.8, 4) is 0 Å². The summed E-state index contributed by atoms with van der Waals surface area (Å²) in [5, 5.41) is 2.99. The third-order valence-corrected chi connectivity index (χ3v) is 3.92. The monoisotopic (exact) mass is 240 g/mol. The van der Waals surface area contributed by atoms with Gasteiger partial charge in [0.05, 0.1) is 6.10 Å². The average molecular weight is 240 g/mol. The highest BCUT2D eigenvalue weighted by atomic mass is 16.5. The molecule has 1 saturated heterocycles. The Morgan fingerprint density at radius 3 is 2.65 bits per heavy atom. The maximum Gasteiger partial charge on any atom is 0.220 e. The first-order valence-corrected chi connectivity index (χ1v) is 6.88. The standard InChI is InChI=1S/C13H24N2O2/c14-11-5-3-10(4-6-11)8-13(16)15-9-12-2-1-7-17-12/h10-12H,1-9,14H2,(H,15,16). The molecule has 1 amide bonds. The molecule has 1 aliphatic heterocycles. The number of carbonyl (C=O) groups is 1. The van der Waals surface area contributed by atoms with Crippen LogP contribution in [0.2, 0.25) is 0 Å². The Morgan fingerprint density at radius 2 is 2.00 bits per heavy atom. The molecule has 2 fully saturated rings. The predicted octanol–water partition coefficient (Wildman–Crippen LogP) is 1.19. The van der Waals surface area contributed by atoms with Crippen molar-refractivity contribution in [3.05, 3.63) is 0 Å². The zero-order valence-electron chi connectivity index (χ0n) is 10.5. The van der Waals surface area contributed by atoms with Crippen molar-refractivity contribution < 1.29 is 9.53 Å². The van der Waals surface area contributed by atoms with E-state index in [0.29, 0.717) is 24.9 Å². The van der Waals surface area contributed by atoms with Gasteiger partial charge < -0.3 is 15.8 Å². The minimum absolute atomic E-state index is 0.181. The fraction of sp³-hybridized carbons (Fsp3) is 0.923. The number of nitrogens with one attached hydrogen (secondary N) is 1. The summed E-state index contributed by atoms with van der Waals surface area (Å²) in [6.45, 7) is 1.53. The Hall–Kier alpha value is -0.610. The van der Waals surface area contributed by atoms with Crippen molar-refractivity contribution in [3.63, 3.8) is 0 Å². The van der Waals surface area contributed by atoms with Gasteiger partial charge in [-0.15, -0.1) is 0 Å². The maximum atomic E-state index is 11.8. The first-order chi connectivity index (χ1) is 8.24. The number of ether oxygens (including phenoxy) is 1. The van der Waals surface area contributed by atoms with Crippen molar-refractivity contribution >= 4 is 5.91 Å². The second-order valence-electron chi connectivity index (χ2n) is 5.42. The number of hydrogen-bond acceptors (Lipinski definition) is 3. The lowest BCUT2D eigenvalue weighted by molar-refractivity contribution is -0.122. The molecule has 1 saturated carbocycles. The van der Waals surface area contributed by atoms with Gasteiger partial charge >= 0.3 is 0 Å². The Labute approximate surface area is 103 Å². The molecule has 0 bridgehead atoms. The third kappa shape index (κ3) is 4.28. The Kier molecular flexibility index (Phi) is 4.80. The van der Waals surface area contributed by atoms with Crippen molar-refractivity contribution in [2.24, 2.45) is 11.7 Å². The van der Waals surface area contributed by atoms with E-state index in [0.717, 1.165) is 45.1 Å². The molecule has 0 aromatic carbocycles. The van der Waals surface area contributed by atoms with E-state index in [2.05, 4.69) is 5.32 Å². The summed E-state index contributed by atoms with van der Waals surface area (Å²) >= 11 is 0. The number of nitrogens with two attached hydrogens (primary N) is 1. The zero-order chi connectivity index (χ0) is 12.1. The lowest BCUT2D eigenvalue weighted by atomic mass is 9.84. The van der Waals surface area contributed by atoms with Gasteiger partial charge in [-0.05, 0) is 44.4 Å². The summed E-state index contributed by atoms with van der Waals surface area (Å²) in [7, 11) is 0. The number of amides is 1. The summed E-state index contributed by atoms with van der Waals surface area (Å²) in [4.78, 5) is 11.8. The molecule has 1 atom stereocenters. The van der Waals surface area contributed by atoms with Gasteiger partial charge in [-0.25, -0.2) is 0 Å². The van der Waals surface area contributed by atoms with E-state index in [1.807, 2.05) is 0 Å². The summed E-state index contributed by atoms with van der Waals surface area (Å²) in [6.07, 6.45) is 7.48. The van der Waals surface area contributed by atoms with Crippen LogP contribution >= 0.6 is 0 Å². The van der Waals surface area contributed by atoms with Gasteiger partial charge in [0.1, 0.15) is 0 Å². The normalized spacial score (nSPS) is 33.6. The molecule has 1 unspecified atom stereocenters. The van der Waals surface area contributed by atoms with Gasteiger partial charge in [-0.2, -0.15) is 0 Å². The topological polar surface area (TPSA) is 64.4 Å². The second-order valence-corrected chi connectivity index (χ2v) is 5.42. The summed E-state index contributed by atoms with van der Waals surface area (Å²) in [5.41, 5.74) is 5.85. The number of carbonyl (C=O) groups excluding carboxylic acids is 1. The van der Waals surface area contributed by atoms with Gasteiger partial charge in [0.2, 0.25) is 5.91 Å². The molecule has 3 N–H and O–H groups in total. The Bertz CT molecular complexity index is 244. The van der Waals surface area contributed by atoms with E-state index in [4.69, 9.17) is 10.5 Å². The molecule has 1 aliphatic carbocycles. The lowest BCUT2D eigenvalue weighted by Crippen LogP contribution is -2.34. The van der Waals surface area contributed by atoms with E-state index in [-0.39, 0.29) is 12.0 Å². The fourth-order valence-electron chi connectivity index (χ4n) is 2.76. The van der Waals surface area contributed by atoms with E-state index < -0.39 is 0 Å². The van der Waals surface area contributed by atoms with Crippen LogP contribution in [0.1, 0.15) is 44.9 Å². The van der Waals surface area contributed by atoms with Crippen LogP contribution in [0.25, 0.3) is 0 Å². The van der Waals surface area contributed by atoms with Gasteiger partial charge in [-0.3, -0.25) is 4.79 Å². The van der Waals surface area contributed by atoms with Crippen LogP contribution in [-0.4, -0.2) is 31.2 Å². The Morgan fingerprint density at radius 1 is 1.24 bits per heavy atom. The van der Waals surface area contributed by atoms with Crippen molar-refractivity contribution in [1.82, 2.24) is 5.32 Å². The van der Waals surface area contributed by atoms with Crippen molar-refractivity contribution in [1.29, 1.82) is 0 Å². The highest BCUT2D eigenvalue weighted by Crippen LogP contribution is 2.25. The molecule has 0 spiro atoms. The molecule has 0 aromatic heterocycles. The molecule has 2 rings (SSSR count). The van der Waals surface area contributed by atoms with E-state index in [1.165, 1.54) is 0 Å². The molecule has 1 heterocycles. The molecule has 4 heteroatoms. The number of hydrogen-bond donors (Lipinski definition) is 2. The van der Waals surface area contributed by atoms with Gasteiger partial charge in [0, 0.05) is 25.6 Å². The first-order valence-electron chi connectivity index (χ1n) is 6.88. The lowest BCUT2D eigenvalue weighted by Gasteiger charge is -2.25. The summed E-state index contributed by atoms with van der Waals surface area (Å²) in [5.74, 6) is 0.722. The molecular formula is C13H24N2O2. The van der Waals surface area contributed by atoms with Crippen LogP contribution in [0.15, 0.2) is 0 Å². The number of rotatable bonds is 4. The van der Waals surface area contributed by atoms with Crippen LogP contribution in [0.5, 0.6) is 0 Å². The quantitative estimate of drug-likeness (QED) is 0.776. The second kappa shape index (κ2) is 6.36. The minimum Gasteiger partial charge on any atom is -0.376 e. The van der Waals surface area contributed by atoms with Crippen molar-refractivity contribution in [2.75, 3.05) is 13.2 Å². The van der Waals surface area contributed by atoms with Crippen LogP contribution in [-0.2, 0) is 9.53 Å². The largest absolute Gasteiger partial charge is 0.376 e. The Balaban J connectivity index is 1.60. The fourth-order valence-corrected chi connectivity index (χ4v) is 2.76. The molecule has 4 nitrogen and oxygen atoms in total. The minimum atomic E-state index is 0.181. The molecule has 98 valence electrons. The van der Waals surface area contributed by atoms with Crippen LogP contribution < -0.4 is 11.1 Å². The molecule has 2 aliphatic rings. The highest BCUT2D eigenvalue weighted by molar-refractivity contribution is 5.76. The van der Waals surface area contributed by atoms with E-state index >= 15 is 0 Å². The molecular weight excluding hydrogens is 216 g/mol. The predicted molar refractivity (Wildman–Crippen MR) is 66.5 cm³/mol. The van der Waals surface area contributed by atoms with Crippen LogP contribution in [0, 0.1) is 5.92 Å². The highest BCUT2D eigenvalue weighted by Gasteiger charge is 2.22. The van der Waals surface area contributed by atoms with Crippen LogP contribution in [0.3, 0.4) is 0 Å². The smallest absolute Gasteiger partial charge is 0.220 e. The third-order valence-electron chi connectivity index (χ3n) is 3.92. The van der Waals surface area contributed by atoms with Crippen molar-refractivity contribution in [2.45, 2.75) is 57.1 Å².